The van der Waals surface area contributed by atoms with E-state index < -0.39 is 0 Å². The van der Waals surface area contributed by atoms with Crippen LogP contribution in [0.25, 0.3) is 22.3 Å². The molecule has 2 aromatic carbocycles. The molecule has 0 atom stereocenters. The summed E-state index contributed by atoms with van der Waals surface area (Å²) in [6.07, 6.45) is 1.69. The maximum absolute atomic E-state index is 13.1. The zero-order chi connectivity index (χ0) is 21.2. The summed E-state index contributed by atoms with van der Waals surface area (Å²) in [6, 6.07) is 16.9. The summed E-state index contributed by atoms with van der Waals surface area (Å²) in [5.74, 6) is 1.15. The predicted octanol–water partition coefficient (Wildman–Crippen LogP) is 3.90. The van der Waals surface area contributed by atoms with Gasteiger partial charge in [-0.05, 0) is 36.4 Å². The Hall–Kier alpha value is -3.29. The first-order valence-corrected chi connectivity index (χ1v) is 10.5. The molecule has 0 saturated carbocycles. The van der Waals surface area contributed by atoms with Crippen molar-refractivity contribution < 1.29 is 9.32 Å². The van der Waals surface area contributed by atoms with Gasteiger partial charge in [-0.15, -0.1) is 0 Å². The van der Waals surface area contributed by atoms with Crippen LogP contribution in [-0.4, -0.2) is 57.0 Å². The molecule has 1 amide bonds. The molecule has 0 spiro atoms. The van der Waals surface area contributed by atoms with Gasteiger partial charge in [-0.1, -0.05) is 35.0 Å². The highest BCUT2D eigenvalue weighted by molar-refractivity contribution is 6.30. The largest absolute Gasteiger partial charge is 0.338 e. The molecule has 5 rings (SSSR count). The third-order valence-electron chi connectivity index (χ3n) is 5.47. The second-order valence-electron chi connectivity index (χ2n) is 7.46. The highest BCUT2D eigenvalue weighted by atomic mass is 35.5. The summed E-state index contributed by atoms with van der Waals surface area (Å²) in [7, 11) is 0. The topological polar surface area (TPSA) is 75.4 Å². The first-order chi connectivity index (χ1) is 15.2. The van der Waals surface area contributed by atoms with Crippen LogP contribution in [0, 0.1) is 0 Å². The number of halogens is 1. The Bertz CT molecular complexity index is 1210. The van der Waals surface area contributed by atoms with Crippen LogP contribution in [0.2, 0.25) is 5.02 Å². The lowest BCUT2D eigenvalue weighted by Crippen LogP contribution is -2.48. The fourth-order valence-corrected chi connectivity index (χ4v) is 3.91. The Labute approximate surface area is 184 Å². The average Bonchev–Trinajstić information content (AvgIpc) is 3.27. The second kappa shape index (κ2) is 8.45. The smallest absolute Gasteiger partial charge is 0.254 e. The van der Waals surface area contributed by atoms with Gasteiger partial charge in [-0.3, -0.25) is 14.7 Å². The number of hydrogen-bond acceptors (Lipinski definition) is 6. The van der Waals surface area contributed by atoms with Crippen molar-refractivity contribution in [1.29, 1.82) is 0 Å². The van der Waals surface area contributed by atoms with Gasteiger partial charge >= 0.3 is 0 Å². The van der Waals surface area contributed by atoms with E-state index in [2.05, 4.69) is 20.0 Å². The number of amides is 1. The third-order valence-corrected chi connectivity index (χ3v) is 5.72. The maximum Gasteiger partial charge on any atom is 0.254 e. The molecule has 1 saturated heterocycles. The molecule has 0 bridgehead atoms. The zero-order valence-corrected chi connectivity index (χ0v) is 17.5. The molecule has 156 valence electrons. The number of piperazine rings is 1. The summed E-state index contributed by atoms with van der Waals surface area (Å²) < 4.78 is 5.42. The fraction of sp³-hybridized carbons (Fsp3) is 0.217. The molecule has 0 aliphatic carbocycles. The van der Waals surface area contributed by atoms with E-state index in [0.717, 1.165) is 29.6 Å². The summed E-state index contributed by atoms with van der Waals surface area (Å²) >= 11 is 5.93. The number of para-hydroxylation sites is 1. The Morgan fingerprint density at radius 3 is 2.58 bits per heavy atom. The second-order valence-corrected chi connectivity index (χ2v) is 7.90. The lowest BCUT2D eigenvalue weighted by Gasteiger charge is -2.34. The van der Waals surface area contributed by atoms with E-state index in [1.54, 1.807) is 24.4 Å². The first-order valence-electron chi connectivity index (χ1n) is 10.1. The van der Waals surface area contributed by atoms with Gasteiger partial charge in [0, 0.05) is 48.3 Å². The van der Waals surface area contributed by atoms with Crippen molar-refractivity contribution in [2.45, 2.75) is 6.54 Å². The maximum atomic E-state index is 13.1. The monoisotopic (exact) mass is 433 g/mol. The van der Waals surface area contributed by atoms with Crippen LogP contribution in [-0.2, 0) is 6.54 Å². The lowest BCUT2D eigenvalue weighted by atomic mass is 10.1. The van der Waals surface area contributed by atoms with E-state index in [1.165, 1.54) is 0 Å². The number of pyridine rings is 1. The Kier molecular flexibility index (Phi) is 5.36. The van der Waals surface area contributed by atoms with Crippen LogP contribution in [0.4, 0.5) is 0 Å². The summed E-state index contributed by atoms with van der Waals surface area (Å²) in [4.78, 5) is 26.0. The molecule has 1 fully saturated rings. The SMILES string of the molecule is O=C(c1ccnc2ccccc12)N1CCN(Cc2nc(-c3ccc(Cl)cc3)no2)CC1. The van der Waals surface area contributed by atoms with Gasteiger partial charge in [0.15, 0.2) is 0 Å². The predicted molar refractivity (Wildman–Crippen MR) is 118 cm³/mol. The Morgan fingerprint density at radius 1 is 1.00 bits per heavy atom. The number of hydrogen-bond donors (Lipinski definition) is 0. The van der Waals surface area contributed by atoms with E-state index >= 15 is 0 Å². The lowest BCUT2D eigenvalue weighted by molar-refractivity contribution is 0.0617. The molecule has 31 heavy (non-hydrogen) atoms. The molecular formula is C23H20ClN5O2. The standard InChI is InChI=1S/C23H20ClN5O2/c24-17-7-5-16(6-8-17)22-26-21(31-27-22)15-28-11-13-29(14-12-28)23(30)19-9-10-25-20-4-2-1-3-18(19)20/h1-10H,11-15H2. The minimum absolute atomic E-state index is 0.0427. The van der Waals surface area contributed by atoms with Gasteiger partial charge in [0.1, 0.15) is 0 Å². The quantitative estimate of drug-likeness (QED) is 0.486. The number of nitrogens with zero attached hydrogens (tertiary/aromatic N) is 5. The van der Waals surface area contributed by atoms with Crippen LogP contribution in [0.1, 0.15) is 16.2 Å². The molecule has 0 N–H and O–H groups in total. The van der Waals surface area contributed by atoms with Crippen molar-refractivity contribution in [3.8, 4) is 11.4 Å². The summed E-state index contributed by atoms with van der Waals surface area (Å²) in [5, 5.41) is 5.62. The minimum atomic E-state index is 0.0427. The number of rotatable bonds is 4. The van der Waals surface area contributed by atoms with Gasteiger partial charge in [0.05, 0.1) is 17.6 Å². The average molecular weight is 434 g/mol. The van der Waals surface area contributed by atoms with Gasteiger partial charge in [0.25, 0.3) is 5.91 Å². The number of fused-ring (bicyclic) bond motifs is 1. The van der Waals surface area contributed by atoms with Crippen molar-refractivity contribution in [3.63, 3.8) is 0 Å². The van der Waals surface area contributed by atoms with Gasteiger partial charge in [-0.2, -0.15) is 4.98 Å². The van der Waals surface area contributed by atoms with Crippen molar-refractivity contribution in [1.82, 2.24) is 24.9 Å². The number of benzene rings is 2. The van der Waals surface area contributed by atoms with Crippen LogP contribution in [0.15, 0.2) is 65.3 Å². The molecule has 1 aliphatic rings. The van der Waals surface area contributed by atoms with Crippen LogP contribution >= 0.6 is 11.6 Å². The van der Waals surface area contributed by atoms with Gasteiger partial charge in [0.2, 0.25) is 11.7 Å². The van der Waals surface area contributed by atoms with Crippen molar-refractivity contribution >= 4 is 28.4 Å². The molecule has 4 aromatic rings. The van der Waals surface area contributed by atoms with Crippen LogP contribution < -0.4 is 0 Å². The van der Waals surface area contributed by atoms with Crippen LogP contribution in [0.5, 0.6) is 0 Å². The number of carbonyl (C=O) groups excluding carboxylic acids is 1. The highest BCUT2D eigenvalue weighted by Crippen LogP contribution is 2.21. The molecule has 7 nitrogen and oxygen atoms in total. The third kappa shape index (κ3) is 4.15. The van der Waals surface area contributed by atoms with Crippen LogP contribution in [0.3, 0.4) is 0 Å². The molecule has 3 heterocycles. The molecule has 0 radical (unpaired) electrons. The van der Waals surface area contributed by atoms with Crippen molar-refractivity contribution in [2.24, 2.45) is 0 Å². The molecular weight excluding hydrogens is 414 g/mol. The first kappa shape index (κ1) is 19.7. The molecule has 2 aromatic heterocycles. The normalized spacial score (nSPS) is 14.8. The Morgan fingerprint density at radius 2 is 1.77 bits per heavy atom. The molecule has 1 aliphatic heterocycles. The van der Waals surface area contributed by atoms with E-state index in [-0.39, 0.29) is 5.91 Å². The molecule has 0 unspecified atom stereocenters. The number of aromatic nitrogens is 3. The van der Waals surface area contributed by atoms with E-state index in [1.807, 2.05) is 41.3 Å². The van der Waals surface area contributed by atoms with Gasteiger partial charge in [-0.25, -0.2) is 0 Å². The van der Waals surface area contributed by atoms with E-state index in [4.69, 9.17) is 16.1 Å². The van der Waals surface area contributed by atoms with Crippen molar-refractivity contribution in [2.75, 3.05) is 26.2 Å². The fourth-order valence-electron chi connectivity index (χ4n) is 3.79. The highest BCUT2D eigenvalue weighted by Gasteiger charge is 2.24. The van der Waals surface area contributed by atoms with E-state index in [0.29, 0.717) is 41.9 Å². The Balaban J connectivity index is 1.22. The summed E-state index contributed by atoms with van der Waals surface area (Å²) in [5.41, 5.74) is 2.39. The summed E-state index contributed by atoms with van der Waals surface area (Å²) in [6.45, 7) is 3.34. The van der Waals surface area contributed by atoms with Gasteiger partial charge < -0.3 is 9.42 Å². The van der Waals surface area contributed by atoms with E-state index in [9.17, 15) is 4.79 Å². The zero-order valence-electron chi connectivity index (χ0n) is 16.7. The number of carbonyl (C=O) groups is 1. The molecule has 8 heteroatoms. The van der Waals surface area contributed by atoms with Crippen molar-refractivity contribution in [3.05, 3.63) is 77.3 Å². The minimum Gasteiger partial charge on any atom is -0.338 e.